The molecule has 49 heavy (non-hydrogen) atoms. The Hall–Kier alpha value is -3.78. The second kappa shape index (κ2) is 13.9. The van der Waals surface area contributed by atoms with Crippen LogP contribution in [0.15, 0.2) is 42.6 Å². The van der Waals surface area contributed by atoms with Gasteiger partial charge in [-0.1, -0.05) is 26.0 Å². The molecule has 1 saturated heterocycles. The Morgan fingerprint density at radius 3 is 2.76 bits per heavy atom. The topological polar surface area (TPSA) is 115 Å². The van der Waals surface area contributed by atoms with Crippen molar-refractivity contribution in [2.45, 2.75) is 77.4 Å². The van der Waals surface area contributed by atoms with Gasteiger partial charge in [0.2, 0.25) is 0 Å². The number of hydrogen-bond acceptors (Lipinski definition) is 8. The van der Waals surface area contributed by atoms with Gasteiger partial charge in [0.25, 0.3) is 5.91 Å². The molecular formula is C36H45F3N6O4. The lowest BCUT2D eigenvalue weighted by atomic mass is 9.84. The van der Waals surface area contributed by atoms with Crippen molar-refractivity contribution < 1.29 is 32.2 Å². The monoisotopic (exact) mass is 682 g/mol. The molecule has 1 fully saturated rings. The fourth-order valence-electron chi connectivity index (χ4n) is 7.25. The molecule has 3 aliphatic rings. The number of nitrogens with one attached hydrogen (secondary N) is 1. The predicted molar refractivity (Wildman–Crippen MR) is 180 cm³/mol. The molecule has 1 unspecified atom stereocenters. The number of alkyl halides is 3. The van der Waals surface area contributed by atoms with Gasteiger partial charge in [0, 0.05) is 61.4 Å². The van der Waals surface area contributed by atoms with Gasteiger partial charge in [0.05, 0.1) is 30.1 Å². The van der Waals surface area contributed by atoms with E-state index >= 15 is 0 Å². The summed E-state index contributed by atoms with van der Waals surface area (Å²) in [6, 6.07) is 7.60. The molecule has 10 nitrogen and oxygen atoms in total. The first kappa shape index (κ1) is 35.1. The van der Waals surface area contributed by atoms with E-state index in [0.29, 0.717) is 78.9 Å². The number of pyridine rings is 1. The van der Waals surface area contributed by atoms with Gasteiger partial charge in [-0.25, -0.2) is 5.43 Å². The molecule has 1 amide bonds. The lowest BCUT2D eigenvalue weighted by molar-refractivity contribution is -0.155. The number of nitrogens with zero attached hydrogens (tertiary/aromatic N) is 4. The molecule has 0 saturated carbocycles. The number of aromatic nitrogens is 2. The van der Waals surface area contributed by atoms with Gasteiger partial charge in [-0.15, -0.1) is 0 Å². The van der Waals surface area contributed by atoms with E-state index in [0.717, 1.165) is 17.6 Å². The Morgan fingerprint density at radius 2 is 2.00 bits per heavy atom. The van der Waals surface area contributed by atoms with Crippen molar-refractivity contribution in [3.8, 4) is 11.3 Å². The van der Waals surface area contributed by atoms with Crippen LogP contribution in [0.3, 0.4) is 0 Å². The minimum Gasteiger partial charge on any atom is -0.464 e. The Bertz CT molecular complexity index is 1750. The Morgan fingerprint density at radius 1 is 1.20 bits per heavy atom. The summed E-state index contributed by atoms with van der Waals surface area (Å²) in [6.07, 6.45) is 0.922. The molecule has 4 atom stereocenters. The van der Waals surface area contributed by atoms with E-state index in [1.54, 1.807) is 31.5 Å². The van der Waals surface area contributed by atoms with Crippen LogP contribution in [0.1, 0.15) is 63.0 Å². The summed E-state index contributed by atoms with van der Waals surface area (Å²) in [5, 5.41) is 2.13. The molecule has 3 aliphatic heterocycles. The minimum absolute atomic E-state index is 0.0109. The molecule has 0 radical (unpaired) electrons. The van der Waals surface area contributed by atoms with Gasteiger partial charge in [-0.3, -0.25) is 24.5 Å². The first-order valence-electron chi connectivity index (χ1n) is 16.9. The van der Waals surface area contributed by atoms with Crippen molar-refractivity contribution in [3.05, 3.63) is 59.4 Å². The summed E-state index contributed by atoms with van der Waals surface area (Å²) in [5.74, 6) is -0.770. The van der Waals surface area contributed by atoms with Crippen molar-refractivity contribution >= 4 is 28.4 Å². The van der Waals surface area contributed by atoms with Gasteiger partial charge in [0.1, 0.15) is 12.6 Å². The van der Waals surface area contributed by atoms with Gasteiger partial charge < -0.3 is 19.8 Å². The molecule has 264 valence electrons. The highest BCUT2D eigenvalue weighted by atomic mass is 19.4. The smallest absolute Gasteiger partial charge is 0.406 e. The SMILES string of the molecule is CO[C@@H](C)c1ncccc1-c1c2c3cc(ccc3n1CC(F)(F)F)C1=CCCN(C1)C[C@H](N)C(=O)N1CCC[C@H](N1)C(=O)OCC(C)(C)C2. The highest BCUT2D eigenvalue weighted by Crippen LogP contribution is 2.42. The van der Waals surface area contributed by atoms with Gasteiger partial charge in [-0.05, 0) is 73.6 Å². The zero-order valence-corrected chi connectivity index (χ0v) is 28.5. The predicted octanol–water partition coefficient (Wildman–Crippen LogP) is 5.01. The van der Waals surface area contributed by atoms with Crippen LogP contribution in [0.5, 0.6) is 0 Å². The minimum atomic E-state index is -4.51. The zero-order valence-electron chi connectivity index (χ0n) is 28.5. The molecule has 3 N–H and O–H groups in total. The number of hydrogen-bond donors (Lipinski definition) is 2. The van der Waals surface area contributed by atoms with Gasteiger partial charge in [0.15, 0.2) is 0 Å². The summed E-state index contributed by atoms with van der Waals surface area (Å²) in [7, 11) is 1.54. The Labute approximate surface area is 284 Å². The number of hydrazine groups is 1. The summed E-state index contributed by atoms with van der Waals surface area (Å²) < 4.78 is 56.0. The van der Waals surface area contributed by atoms with E-state index in [1.807, 2.05) is 32.9 Å². The second-order valence-electron chi connectivity index (χ2n) is 14.2. The van der Waals surface area contributed by atoms with E-state index in [1.165, 1.54) is 9.58 Å². The average molecular weight is 683 g/mol. The number of carbonyl (C=O) groups is 2. The van der Waals surface area contributed by atoms with Crippen LogP contribution in [-0.2, 0) is 32.0 Å². The number of cyclic esters (lactones) is 1. The number of nitrogens with two attached hydrogens (primary N) is 1. The maximum Gasteiger partial charge on any atom is 0.406 e. The van der Waals surface area contributed by atoms with Crippen molar-refractivity contribution in [1.82, 2.24) is 24.9 Å². The number of amides is 1. The van der Waals surface area contributed by atoms with Gasteiger partial charge in [-0.2, -0.15) is 13.2 Å². The highest BCUT2D eigenvalue weighted by molar-refractivity contribution is 5.95. The van der Waals surface area contributed by atoms with Crippen molar-refractivity contribution in [3.63, 3.8) is 0 Å². The Balaban J connectivity index is 1.54. The largest absolute Gasteiger partial charge is 0.464 e. The molecule has 5 heterocycles. The highest BCUT2D eigenvalue weighted by Gasteiger charge is 2.36. The summed E-state index contributed by atoms with van der Waals surface area (Å²) in [5.41, 5.74) is 13.3. The molecule has 13 heteroatoms. The Kier molecular flexibility index (Phi) is 9.91. The lowest BCUT2D eigenvalue weighted by Gasteiger charge is -2.36. The quantitative estimate of drug-likeness (QED) is 0.370. The molecule has 3 aromatic rings. The first-order valence-corrected chi connectivity index (χ1v) is 16.9. The standard InChI is InChI=1S/C36H45F3N6O4/c1-22(48-4)31-25(9-5-13-41-31)32-27-17-35(2,3)21-49-34(47)29-10-7-15-45(42-29)33(46)28(40)19-43-14-6-8-24(18-43)23-11-12-30(26(27)16-23)44(32)20-36(37,38)39/h5,8-9,11-13,16,22,28-29,42H,6-7,10,14-15,17-21,40H2,1-4H3/t22-,28-,29-/m0/s1. The number of methoxy groups -OCH3 is 1. The third-order valence-corrected chi connectivity index (χ3v) is 9.71. The van der Waals surface area contributed by atoms with Crippen LogP contribution in [0.2, 0.25) is 0 Å². The number of benzene rings is 1. The van der Waals surface area contributed by atoms with Crippen LogP contribution >= 0.6 is 0 Å². The molecule has 0 spiro atoms. The molecule has 2 aromatic heterocycles. The van der Waals surface area contributed by atoms with Crippen molar-refractivity contribution in [2.24, 2.45) is 11.1 Å². The maximum absolute atomic E-state index is 14.4. The fraction of sp³-hybridized carbons (Fsp3) is 0.528. The zero-order chi connectivity index (χ0) is 35.1. The van der Waals surface area contributed by atoms with Crippen molar-refractivity contribution in [2.75, 3.05) is 39.9 Å². The third-order valence-electron chi connectivity index (χ3n) is 9.71. The van der Waals surface area contributed by atoms with E-state index < -0.39 is 42.3 Å². The normalized spacial score (nSPS) is 24.3. The molecule has 0 aliphatic carbocycles. The average Bonchev–Trinajstić information content (AvgIpc) is 3.35. The summed E-state index contributed by atoms with van der Waals surface area (Å²) >= 11 is 0. The summed E-state index contributed by atoms with van der Waals surface area (Å²) in [4.78, 5) is 33.4. The van der Waals surface area contributed by atoms with E-state index in [2.05, 4.69) is 21.4 Å². The fourth-order valence-corrected chi connectivity index (χ4v) is 7.25. The van der Waals surface area contributed by atoms with Crippen LogP contribution in [0.4, 0.5) is 13.2 Å². The molecule has 1 aromatic carbocycles. The third kappa shape index (κ3) is 7.54. The van der Waals surface area contributed by atoms with Crippen LogP contribution in [-0.4, -0.2) is 89.5 Å². The molecule has 6 bridgehead atoms. The van der Waals surface area contributed by atoms with E-state index in [-0.39, 0.29) is 12.5 Å². The first-order chi connectivity index (χ1) is 23.2. The number of halogens is 3. The number of esters is 1. The maximum atomic E-state index is 14.4. The second-order valence-corrected chi connectivity index (χ2v) is 14.2. The number of fused-ring (bicyclic) bond motifs is 6. The molecule has 6 rings (SSSR count). The summed E-state index contributed by atoms with van der Waals surface area (Å²) in [6.45, 7) is 6.50. The van der Waals surface area contributed by atoms with Crippen LogP contribution in [0, 0.1) is 5.41 Å². The van der Waals surface area contributed by atoms with Crippen LogP contribution < -0.4 is 11.2 Å². The molecular weight excluding hydrogens is 637 g/mol. The van der Waals surface area contributed by atoms with E-state index in [9.17, 15) is 22.8 Å². The number of rotatable bonds is 4. The van der Waals surface area contributed by atoms with Gasteiger partial charge >= 0.3 is 12.1 Å². The number of carbonyl (C=O) groups excluding carboxylic acids is 2. The van der Waals surface area contributed by atoms with Crippen molar-refractivity contribution in [1.29, 1.82) is 0 Å². The van der Waals surface area contributed by atoms with E-state index in [4.69, 9.17) is 15.2 Å². The van der Waals surface area contributed by atoms with Crippen LogP contribution in [0.25, 0.3) is 27.7 Å². The lowest BCUT2D eigenvalue weighted by Crippen LogP contribution is -2.60. The number of ether oxygens (including phenoxy) is 2.